The maximum atomic E-state index is 12.8. The number of hydrogen-bond acceptors (Lipinski definition) is 5. The van der Waals surface area contributed by atoms with Crippen LogP contribution >= 0.6 is 11.6 Å². The molecule has 0 atom stereocenters. The van der Waals surface area contributed by atoms with Crippen molar-refractivity contribution in [3.63, 3.8) is 0 Å². The van der Waals surface area contributed by atoms with E-state index in [9.17, 15) is 9.59 Å². The standard InChI is InChI=1S/C20H17ClN2O5/c1-11-15(8-12-9-16(21)18(28-3)17(10-12)27-2)19(24)23(22-11)14-6-4-13(5-7-14)20(25)26/h4-10H,1-3H3,(H,25,26)/b15-8-. The number of hydrogen-bond donors (Lipinski definition) is 1. The lowest BCUT2D eigenvalue weighted by atomic mass is 10.1. The van der Waals surface area contributed by atoms with Crippen molar-refractivity contribution in [2.45, 2.75) is 6.92 Å². The number of methoxy groups -OCH3 is 2. The van der Waals surface area contributed by atoms with Gasteiger partial charge in [-0.2, -0.15) is 10.1 Å². The number of carbonyl (C=O) groups excluding carboxylic acids is 1. The average molecular weight is 401 g/mol. The van der Waals surface area contributed by atoms with E-state index in [1.807, 2.05) is 0 Å². The fourth-order valence-corrected chi connectivity index (χ4v) is 3.09. The number of carboxylic acid groups (broad SMARTS) is 1. The summed E-state index contributed by atoms with van der Waals surface area (Å²) in [5, 5.41) is 14.9. The van der Waals surface area contributed by atoms with E-state index in [-0.39, 0.29) is 11.5 Å². The van der Waals surface area contributed by atoms with E-state index in [0.29, 0.717) is 39.1 Å². The van der Waals surface area contributed by atoms with E-state index in [1.165, 1.54) is 43.5 Å². The van der Waals surface area contributed by atoms with Gasteiger partial charge < -0.3 is 14.6 Å². The Bertz CT molecular complexity index is 1010. The lowest BCUT2D eigenvalue weighted by Crippen LogP contribution is -2.21. The molecule has 0 aromatic heterocycles. The van der Waals surface area contributed by atoms with Gasteiger partial charge in [0.2, 0.25) is 0 Å². The Hall–Kier alpha value is -3.32. The van der Waals surface area contributed by atoms with Gasteiger partial charge in [-0.3, -0.25) is 4.79 Å². The number of carbonyl (C=O) groups is 2. The summed E-state index contributed by atoms with van der Waals surface area (Å²) in [5.74, 6) is -0.506. The molecule has 0 saturated heterocycles. The predicted octanol–water partition coefficient (Wildman–Crippen LogP) is 3.86. The number of ether oxygens (including phenoxy) is 2. The van der Waals surface area contributed by atoms with Crippen molar-refractivity contribution in [2.24, 2.45) is 5.10 Å². The number of rotatable bonds is 5. The average Bonchev–Trinajstić information content (AvgIpc) is 2.95. The number of anilines is 1. The molecule has 0 radical (unpaired) electrons. The molecule has 0 aliphatic carbocycles. The smallest absolute Gasteiger partial charge is 0.335 e. The third kappa shape index (κ3) is 3.57. The molecule has 0 bridgehead atoms. The summed E-state index contributed by atoms with van der Waals surface area (Å²) < 4.78 is 10.5. The second-order valence-corrected chi connectivity index (χ2v) is 6.36. The molecule has 0 unspecified atom stereocenters. The van der Waals surface area contributed by atoms with Crippen molar-refractivity contribution < 1.29 is 24.2 Å². The molecular weight excluding hydrogens is 384 g/mol. The lowest BCUT2D eigenvalue weighted by Gasteiger charge is -2.12. The van der Waals surface area contributed by atoms with E-state index in [4.69, 9.17) is 26.2 Å². The zero-order chi connectivity index (χ0) is 20.4. The van der Waals surface area contributed by atoms with Crippen LogP contribution in [0.3, 0.4) is 0 Å². The maximum Gasteiger partial charge on any atom is 0.335 e. The number of halogens is 1. The minimum absolute atomic E-state index is 0.131. The topological polar surface area (TPSA) is 88.4 Å². The first kappa shape index (κ1) is 19.4. The van der Waals surface area contributed by atoms with Crippen molar-refractivity contribution in [3.8, 4) is 11.5 Å². The Morgan fingerprint density at radius 1 is 1.18 bits per heavy atom. The van der Waals surface area contributed by atoms with Gasteiger partial charge in [0.25, 0.3) is 5.91 Å². The quantitative estimate of drug-likeness (QED) is 0.770. The summed E-state index contributed by atoms with van der Waals surface area (Å²) >= 11 is 6.23. The number of amides is 1. The molecule has 3 rings (SSSR count). The third-order valence-electron chi connectivity index (χ3n) is 4.19. The molecule has 28 heavy (non-hydrogen) atoms. The summed E-state index contributed by atoms with van der Waals surface area (Å²) in [6, 6.07) is 9.29. The van der Waals surface area contributed by atoms with E-state index in [1.54, 1.807) is 25.1 Å². The zero-order valence-corrected chi connectivity index (χ0v) is 16.1. The number of carboxylic acids is 1. The molecule has 1 heterocycles. The molecular formula is C20H17ClN2O5. The molecule has 1 N–H and O–H groups in total. The van der Waals surface area contributed by atoms with Crippen LogP contribution in [0.4, 0.5) is 5.69 Å². The van der Waals surface area contributed by atoms with Crippen LogP contribution in [0, 0.1) is 0 Å². The van der Waals surface area contributed by atoms with Gasteiger partial charge >= 0.3 is 5.97 Å². The highest BCUT2D eigenvalue weighted by Gasteiger charge is 2.29. The van der Waals surface area contributed by atoms with Gasteiger partial charge in [0.15, 0.2) is 11.5 Å². The van der Waals surface area contributed by atoms with Gasteiger partial charge in [-0.05, 0) is 55.0 Å². The second kappa shape index (κ2) is 7.74. The normalized spacial score (nSPS) is 15.0. The third-order valence-corrected chi connectivity index (χ3v) is 4.47. The molecule has 7 nitrogen and oxygen atoms in total. The van der Waals surface area contributed by atoms with Gasteiger partial charge in [-0.25, -0.2) is 4.79 Å². The SMILES string of the molecule is COc1cc(/C=C2\C(=O)N(c3ccc(C(=O)O)cc3)N=C2C)cc(Cl)c1OC. The molecule has 2 aromatic rings. The molecule has 2 aromatic carbocycles. The van der Waals surface area contributed by atoms with Crippen molar-refractivity contribution in [3.05, 3.63) is 58.1 Å². The fraction of sp³-hybridized carbons (Fsp3) is 0.150. The summed E-state index contributed by atoms with van der Waals surface area (Å²) in [6.07, 6.45) is 1.67. The first-order valence-electron chi connectivity index (χ1n) is 8.22. The van der Waals surface area contributed by atoms with Crippen LogP contribution in [0.25, 0.3) is 6.08 Å². The fourth-order valence-electron chi connectivity index (χ4n) is 2.79. The Labute approximate surface area is 166 Å². The number of hydrazone groups is 1. The largest absolute Gasteiger partial charge is 0.493 e. The predicted molar refractivity (Wildman–Crippen MR) is 107 cm³/mol. The first-order chi connectivity index (χ1) is 13.3. The van der Waals surface area contributed by atoms with Crippen molar-refractivity contribution >= 4 is 41.0 Å². The van der Waals surface area contributed by atoms with Crippen LogP contribution in [-0.2, 0) is 4.79 Å². The molecule has 1 aliphatic heterocycles. The van der Waals surface area contributed by atoms with Crippen LogP contribution in [0.5, 0.6) is 11.5 Å². The van der Waals surface area contributed by atoms with Crippen LogP contribution in [0.1, 0.15) is 22.8 Å². The summed E-state index contributed by atoms with van der Waals surface area (Å²) in [7, 11) is 2.99. The molecule has 0 saturated carbocycles. The Morgan fingerprint density at radius 2 is 1.86 bits per heavy atom. The maximum absolute atomic E-state index is 12.8. The highest BCUT2D eigenvalue weighted by atomic mass is 35.5. The van der Waals surface area contributed by atoms with Gasteiger partial charge in [0.1, 0.15) is 0 Å². The van der Waals surface area contributed by atoms with Crippen molar-refractivity contribution in [1.82, 2.24) is 0 Å². The number of aromatic carboxylic acids is 1. The highest BCUT2D eigenvalue weighted by Crippen LogP contribution is 2.37. The molecule has 8 heteroatoms. The molecule has 144 valence electrons. The van der Waals surface area contributed by atoms with Crippen LogP contribution in [-0.4, -0.2) is 36.9 Å². The number of benzene rings is 2. The van der Waals surface area contributed by atoms with Crippen molar-refractivity contribution in [2.75, 3.05) is 19.2 Å². The zero-order valence-electron chi connectivity index (χ0n) is 15.4. The lowest BCUT2D eigenvalue weighted by molar-refractivity contribution is -0.114. The van der Waals surface area contributed by atoms with Gasteiger partial charge in [-0.15, -0.1) is 0 Å². The van der Waals surface area contributed by atoms with E-state index >= 15 is 0 Å². The second-order valence-electron chi connectivity index (χ2n) is 5.95. The summed E-state index contributed by atoms with van der Waals surface area (Å²) in [4.78, 5) is 23.8. The molecule has 0 spiro atoms. The first-order valence-corrected chi connectivity index (χ1v) is 8.60. The van der Waals surface area contributed by atoms with Gasteiger partial charge in [0, 0.05) is 0 Å². The highest BCUT2D eigenvalue weighted by molar-refractivity contribution is 6.33. The van der Waals surface area contributed by atoms with Crippen LogP contribution in [0.15, 0.2) is 47.1 Å². The van der Waals surface area contributed by atoms with Crippen LogP contribution < -0.4 is 14.5 Å². The summed E-state index contributed by atoms with van der Waals surface area (Å²) in [6.45, 7) is 1.72. The van der Waals surface area contributed by atoms with Crippen LogP contribution in [0.2, 0.25) is 5.02 Å². The Balaban J connectivity index is 1.94. The van der Waals surface area contributed by atoms with E-state index in [0.717, 1.165) is 0 Å². The molecule has 1 amide bonds. The van der Waals surface area contributed by atoms with Gasteiger partial charge in [-0.1, -0.05) is 11.6 Å². The Morgan fingerprint density at radius 3 is 2.43 bits per heavy atom. The monoisotopic (exact) mass is 400 g/mol. The van der Waals surface area contributed by atoms with Crippen molar-refractivity contribution in [1.29, 1.82) is 0 Å². The minimum Gasteiger partial charge on any atom is -0.493 e. The van der Waals surface area contributed by atoms with E-state index < -0.39 is 5.97 Å². The number of nitrogens with zero attached hydrogens (tertiary/aromatic N) is 2. The van der Waals surface area contributed by atoms with E-state index in [2.05, 4.69) is 5.10 Å². The minimum atomic E-state index is -1.04. The molecule has 1 aliphatic rings. The molecule has 0 fully saturated rings. The van der Waals surface area contributed by atoms with Gasteiger partial charge in [0.05, 0.1) is 41.8 Å². The summed E-state index contributed by atoms with van der Waals surface area (Å²) in [5.41, 5.74) is 2.18. The Kier molecular flexibility index (Phi) is 5.37.